The van der Waals surface area contributed by atoms with Crippen LogP contribution in [0, 0.1) is 5.92 Å². The Labute approximate surface area is 96.0 Å². The molecule has 3 N–H and O–H groups in total. The van der Waals surface area contributed by atoms with Gasteiger partial charge in [0.1, 0.15) is 0 Å². The van der Waals surface area contributed by atoms with Crippen LogP contribution >= 0.6 is 0 Å². The fraction of sp³-hybridized carbons (Fsp3) is 0.462. The van der Waals surface area contributed by atoms with Gasteiger partial charge in [-0.2, -0.15) is 0 Å². The van der Waals surface area contributed by atoms with E-state index in [1.165, 1.54) is 12.0 Å². The molecule has 0 unspecified atom stereocenters. The first-order chi connectivity index (χ1) is 7.75. The second kappa shape index (κ2) is 5.01. The zero-order chi connectivity index (χ0) is 11.4. The highest BCUT2D eigenvalue weighted by Gasteiger charge is 2.24. The number of anilines is 1. The highest BCUT2D eigenvalue weighted by Crippen LogP contribution is 2.26. The average molecular weight is 218 g/mol. The largest absolute Gasteiger partial charge is 0.399 e. The summed E-state index contributed by atoms with van der Waals surface area (Å²) in [7, 11) is 0. The topological polar surface area (TPSA) is 55.1 Å². The number of carbonyl (C=O) groups is 1. The minimum absolute atomic E-state index is 0.224. The van der Waals surface area contributed by atoms with E-state index < -0.39 is 0 Å². The Morgan fingerprint density at radius 1 is 1.31 bits per heavy atom. The molecule has 1 amide bonds. The molecule has 0 aromatic heterocycles. The predicted molar refractivity (Wildman–Crippen MR) is 64.9 cm³/mol. The van der Waals surface area contributed by atoms with Crippen LogP contribution in [-0.2, 0) is 11.2 Å². The first-order valence-electron chi connectivity index (χ1n) is 5.88. The van der Waals surface area contributed by atoms with Gasteiger partial charge in [-0.15, -0.1) is 0 Å². The number of carbonyl (C=O) groups excluding carboxylic acids is 1. The van der Waals surface area contributed by atoms with Crippen LogP contribution in [0.3, 0.4) is 0 Å². The minimum atomic E-state index is 0.224. The molecular weight excluding hydrogens is 200 g/mol. The number of benzene rings is 1. The Hall–Kier alpha value is -1.51. The number of hydrogen-bond donors (Lipinski definition) is 2. The van der Waals surface area contributed by atoms with Gasteiger partial charge in [0.2, 0.25) is 5.91 Å². The van der Waals surface area contributed by atoms with Crippen molar-refractivity contribution in [2.24, 2.45) is 5.92 Å². The Kier molecular flexibility index (Phi) is 3.44. The van der Waals surface area contributed by atoms with E-state index >= 15 is 0 Å². The molecular formula is C13H18N2O. The van der Waals surface area contributed by atoms with E-state index in [0.29, 0.717) is 0 Å². The van der Waals surface area contributed by atoms with Crippen LogP contribution in [0.15, 0.2) is 24.3 Å². The fourth-order valence-corrected chi connectivity index (χ4v) is 1.83. The van der Waals surface area contributed by atoms with Gasteiger partial charge >= 0.3 is 0 Å². The first-order valence-corrected chi connectivity index (χ1v) is 5.88. The smallest absolute Gasteiger partial charge is 0.223 e. The van der Waals surface area contributed by atoms with Crippen LogP contribution in [0.5, 0.6) is 0 Å². The highest BCUT2D eigenvalue weighted by molar-refractivity contribution is 5.79. The zero-order valence-electron chi connectivity index (χ0n) is 9.41. The minimum Gasteiger partial charge on any atom is -0.399 e. The normalized spacial score (nSPS) is 15.5. The van der Waals surface area contributed by atoms with Crippen LogP contribution in [0.25, 0.3) is 0 Å². The Morgan fingerprint density at radius 2 is 2.00 bits per heavy atom. The number of nitrogens with one attached hydrogen (secondary N) is 1. The van der Waals surface area contributed by atoms with E-state index in [1.54, 1.807) is 0 Å². The maximum Gasteiger partial charge on any atom is 0.223 e. The van der Waals surface area contributed by atoms with Gasteiger partial charge in [0.25, 0.3) is 0 Å². The molecule has 0 aliphatic heterocycles. The third-order valence-electron chi connectivity index (χ3n) is 3.17. The molecule has 1 saturated carbocycles. The van der Waals surface area contributed by atoms with Crippen molar-refractivity contribution in [2.75, 3.05) is 12.3 Å². The van der Waals surface area contributed by atoms with Crippen molar-refractivity contribution in [1.82, 2.24) is 5.32 Å². The van der Waals surface area contributed by atoms with Crippen molar-refractivity contribution in [3.8, 4) is 0 Å². The molecule has 1 aromatic carbocycles. The molecule has 1 aliphatic carbocycles. The SMILES string of the molecule is Nc1ccc(CCNC(=O)C2CCC2)cc1. The number of amides is 1. The standard InChI is InChI=1S/C13H18N2O/c14-12-6-4-10(5-7-12)8-9-15-13(16)11-2-1-3-11/h4-7,11H,1-3,8-9,14H2,(H,15,16). The van der Waals surface area contributed by atoms with Crippen molar-refractivity contribution in [3.05, 3.63) is 29.8 Å². The van der Waals surface area contributed by atoms with Crippen LogP contribution in [-0.4, -0.2) is 12.5 Å². The van der Waals surface area contributed by atoms with Crippen LogP contribution in [0.4, 0.5) is 5.69 Å². The van der Waals surface area contributed by atoms with E-state index in [9.17, 15) is 4.79 Å². The van der Waals surface area contributed by atoms with Crippen molar-refractivity contribution in [3.63, 3.8) is 0 Å². The van der Waals surface area contributed by atoms with Gasteiger partial charge in [-0.05, 0) is 37.0 Å². The van der Waals surface area contributed by atoms with E-state index in [-0.39, 0.29) is 11.8 Å². The zero-order valence-corrected chi connectivity index (χ0v) is 9.41. The average Bonchev–Trinajstić information content (AvgIpc) is 2.18. The van der Waals surface area contributed by atoms with E-state index in [4.69, 9.17) is 5.73 Å². The quantitative estimate of drug-likeness (QED) is 0.756. The summed E-state index contributed by atoms with van der Waals surface area (Å²) in [5.74, 6) is 0.508. The molecule has 0 heterocycles. The summed E-state index contributed by atoms with van der Waals surface area (Å²) in [6, 6.07) is 7.79. The number of nitrogen functional groups attached to an aromatic ring is 1. The summed E-state index contributed by atoms with van der Waals surface area (Å²) in [6.45, 7) is 0.721. The number of nitrogens with two attached hydrogens (primary N) is 1. The van der Waals surface area contributed by atoms with Gasteiger partial charge in [-0.25, -0.2) is 0 Å². The van der Waals surface area contributed by atoms with Crippen LogP contribution in [0.1, 0.15) is 24.8 Å². The van der Waals surface area contributed by atoms with Crippen molar-refractivity contribution in [1.29, 1.82) is 0 Å². The number of rotatable bonds is 4. The second-order valence-electron chi connectivity index (χ2n) is 4.41. The molecule has 1 fully saturated rings. The highest BCUT2D eigenvalue weighted by atomic mass is 16.1. The molecule has 0 spiro atoms. The summed E-state index contributed by atoms with van der Waals surface area (Å²) in [4.78, 5) is 11.5. The van der Waals surface area contributed by atoms with Gasteiger partial charge < -0.3 is 11.1 Å². The lowest BCUT2D eigenvalue weighted by atomic mass is 9.85. The lowest BCUT2D eigenvalue weighted by Crippen LogP contribution is -2.35. The summed E-state index contributed by atoms with van der Waals surface area (Å²) < 4.78 is 0. The molecule has 3 heteroatoms. The van der Waals surface area contributed by atoms with E-state index in [0.717, 1.165) is 31.5 Å². The monoisotopic (exact) mass is 218 g/mol. The Morgan fingerprint density at radius 3 is 2.56 bits per heavy atom. The fourth-order valence-electron chi connectivity index (χ4n) is 1.83. The summed E-state index contributed by atoms with van der Waals surface area (Å²) in [6.07, 6.45) is 4.20. The maximum atomic E-state index is 11.5. The molecule has 86 valence electrons. The lowest BCUT2D eigenvalue weighted by Gasteiger charge is -2.24. The lowest BCUT2D eigenvalue weighted by molar-refractivity contribution is -0.127. The maximum absolute atomic E-state index is 11.5. The third-order valence-corrected chi connectivity index (χ3v) is 3.17. The van der Waals surface area contributed by atoms with Gasteiger partial charge in [0.15, 0.2) is 0 Å². The van der Waals surface area contributed by atoms with Gasteiger partial charge in [0.05, 0.1) is 0 Å². The summed E-state index contributed by atoms with van der Waals surface area (Å²) in [5, 5.41) is 2.98. The molecule has 1 aromatic rings. The predicted octanol–water partition coefficient (Wildman–Crippen LogP) is 1.73. The van der Waals surface area contributed by atoms with Gasteiger partial charge in [-0.3, -0.25) is 4.79 Å². The summed E-state index contributed by atoms with van der Waals surface area (Å²) in [5.41, 5.74) is 7.59. The molecule has 1 aliphatic rings. The molecule has 16 heavy (non-hydrogen) atoms. The van der Waals surface area contributed by atoms with Crippen LogP contribution in [0.2, 0.25) is 0 Å². The van der Waals surface area contributed by atoms with E-state index in [2.05, 4.69) is 5.32 Å². The number of hydrogen-bond acceptors (Lipinski definition) is 2. The summed E-state index contributed by atoms with van der Waals surface area (Å²) >= 11 is 0. The molecule has 0 atom stereocenters. The van der Waals surface area contributed by atoms with Crippen molar-refractivity contribution in [2.45, 2.75) is 25.7 Å². The molecule has 0 bridgehead atoms. The van der Waals surface area contributed by atoms with Crippen LogP contribution < -0.4 is 11.1 Å². The molecule has 0 saturated heterocycles. The van der Waals surface area contributed by atoms with E-state index in [1.807, 2.05) is 24.3 Å². The van der Waals surface area contributed by atoms with Gasteiger partial charge in [-0.1, -0.05) is 18.6 Å². The van der Waals surface area contributed by atoms with Crippen molar-refractivity contribution >= 4 is 11.6 Å². The molecule has 0 radical (unpaired) electrons. The second-order valence-corrected chi connectivity index (χ2v) is 4.41. The third kappa shape index (κ3) is 2.75. The molecule has 2 rings (SSSR count). The Bertz CT molecular complexity index is 355. The Balaban J connectivity index is 1.71. The van der Waals surface area contributed by atoms with Crippen molar-refractivity contribution < 1.29 is 4.79 Å². The van der Waals surface area contributed by atoms with Gasteiger partial charge in [0, 0.05) is 18.2 Å². The first kappa shape index (κ1) is 11.0. The molecule has 3 nitrogen and oxygen atoms in total.